The molecular weight excluding hydrogens is 370 g/mol. The SMILES string of the molecule is CCc1ccc(NC(=O)[C@H](C)OC(=O)c2c(C)oc(-n3cccc3)c2C#N)cc1. The van der Waals surface area contributed by atoms with E-state index in [1.165, 1.54) is 6.92 Å². The van der Waals surface area contributed by atoms with Crippen LogP contribution in [0.1, 0.15) is 41.1 Å². The predicted molar refractivity (Wildman–Crippen MR) is 107 cm³/mol. The Morgan fingerprint density at radius 1 is 1.24 bits per heavy atom. The zero-order chi connectivity index (χ0) is 21.0. The summed E-state index contributed by atoms with van der Waals surface area (Å²) in [5, 5.41) is 12.2. The van der Waals surface area contributed by atoms with Gasteiger partial charge >= 0.3 is 5.97 Å². The Hall–Kier alpha value is -3.79. The molecule has 0 saturated heterocycles. The van der Waals surface area contributed by atoms with Crippen molar-refractivity contribution in [1.82, 2.24) is 4.57 Å². The second-order valence-electron chi connectivity index (χ2n) is 6.50. The standard InChI is InChI=1S/C22H21N3O4/c1-4-16-7-9-17(10-8-16)24-20(26)15(3)29-22(27)19-14(2)28-21(18(19)13-23)25-11-5-6-12-25/h5-12,15H,4H2,1-3H3,(H,24,26)/t15-/m0/s1. The van der Waals surface area contributed by atoms with Crippen molar-refractivity contribution in [2.75, 3.05) is 5.32 Å². The van der Waals surface area contributed by atoms with E-state index in [4.69, 9.17) is 9.15 Å². The molecule has 0 unspecified atom stereocenters. The number of hydrogen-bond acceptors (Lipinski definition) is 5. The zero-order valence-corrected chi connectivity index (χ0v) is 16.4. The summed E-state index contributed by atoms with van der Waals surface area (Å²) < 4.78 is 12.5. The smallest absolute Gasteiger partial charge is 0.343 e. The molecule has 0 bridgehead atoms. The molecule has 1 atom stereocenters. The Kier molecular flexibility index (Phi) is 5.84. The topological polar surface area (TPSA) is 97.3 Å². The molecule has 3 rings (SSSR count). The number of ether oxygens (including phenoxy) is 1. The number of nitrogens with one attached hydrogen (secondary N) is 1. The highest BCUT2D eigenvalue weighted by atomic mass is 16.5. The summed E-state index contributed by atoms with van der Waals surface area (Å²) >= 11 is 0. The number of anilines is 1. The summed E-state index contributed by atoms with van der Waals surface area (Å²) in [7, 11) is 0. The van der Waals surface area contributed by atoms with Gasteiger partial charge in [-0.2, -0.15) is 5.26 Å². The summed E-state index contributed by atoms with van der Waals surface area (Å²) in [5.74, 6) is -0.772. The summed E-state index contributed by atoms with van der Waals surface area (Å²) in [6.07, 6.45) is 3.25. The van der Waals surface area contributed by atoms with Crippen LogP contribution >= 0.6 is 0 Å². The second kappa shape index (κ2) is 8.48. The Morgan fingerprint density at radius 2 is 1.90 bits per heavy atom. The van der Waals surface area contributed by atoms with Gasteiger partial charge in [-0.3, -0.25) is 9.36 Å². The van der Waals surface area contributed by atoms with Gasteiger partial charge in [0, 0.05) is 18.1 Å². The molecule has 0 aliphatic carbocycles. The number of aromatic nitrogens is 1. The van der Waals surface area contributed by atoms with Gasteiger partial charge in [0.1, 0.15) is 23.0 Å². The third kappa shape index (κ3) is 4.22. The van der Waals surface area contributed by atoms with E-state index in [1.54, 1.807) is 48.1 Å². The maximum absolute atomic E-state index is 12.7. The minimum absolute atomic E-state index is 0.0168. The van der Waals surface area contributed by atoms with Crippen molar-refractivity contribution in [3.8, 4) is 12.0 Å². The number of furan rings is 1. The Bertz CT molecular complexity index is 1060. The quantitative estimate of drug-likeness (QED) is 0.641. The van der Waals surface area contributed by atoms with E-state index in [1.807, 2.05) is 25.1 Å². The van der Waals surface area contributed by atoms with Crippen LogP contribution in [0.15, 0.2) is 53.2 Å². The highest BCUT2D eigenvalue weighted by molar-refractivity contribution is 5.99. The first-order valence-corrected chi connectivity index (χ1v) is 9.22. The summed E-state index contributed by atoms with van der Waals surface area (Å²) in [5.41, 5.74) is 1.84. The monoisotopic (exact) mass is 391 g/mol. The van der Waals surface area contributed by atoms with Crippen LogP contribution in [0.3, 0.4) is 0 Å². The number of esters is 1. The predicted octanol–water partition coefficient (Wildman–Crippen LogP) is 4.00. The largest absolute Gasteiger partial charge is 0.449 e. The summed E-state index contributed by atoms with van der Waals surface area (Å²) in [4.78, 5) is 25.0. The molecular formula is C22H21N3O4. The summed E-state index contributed by atoms with van der Waals surface area (Å²) in [6.45, 7) is 5.09. The first kappa shape index (κ1) is 20.0. The third-order valence-corrected chi connectivity index (χ3v) is 4.50. The molecule has 1 aromatic carbocycles. The molecule has 1 N–H and O–H groups in total. The molecule has 29 heavy (non-hydrogen) atoms. The van der Waals surface area contributed by atoms with E-state index < -0.39 is 18.0 Å². The van der Waals surface area contributed by atoms with Gasteiger partial charge in [-0.25, -0.2) is 4.79 Å². The van der Waals surface area contributed by atoms with Crippen molar-refractivity contribution in [2.24, 2.45) is 0 Å². The van der Waals surface area contributed by atoms with Crippen molar-refractivity contribution in [3.63, 3.8) is 0 Å². The van der Waals surface area contributed by atoms with Crippen LogP contribution in [0.25, 0.3) is 5.88 Å². The number of nitriles is 1. The molecule has 7 heteroatoms. The number of amides is 1. The molecule has 7 nitrogen and oxygen atoms in total. The van der Waals surface area contributed by atoms with Crippen molar-refractivity contribution in [2.45, 2.75) is 33.3 Å². The molecule has 0 saturated carbocycles. The highest BCUT2D eigenvalue weighted by Crippen LogP contribution is 2.26. The lowest BCUT2D eigenvalue weighted by molar-refractivity contribution is -0.123. The van der Waals surface area contributed by atoms with Gasteiger partial charge in [-0.1, -0.05) is 19.1 Å². The first-order chi connectivity index (χ1) is 13.9. The normalized spacial score (nSPS) is 11.5. The maximum Gasteiger partial charge on any atom is 0.343 e. The van der Waals surface area contributed by atoms with Crippen LogP contribution in [0.2, 0.25) is 0 Å². The second-order valence-corrected chi connectivity index (χ2v) is 6.50. The average Bonchev–Trinajstić information content (AvgIpc) is 3.35. The van der Waals surface area contributed by atoms with E-state index in [0.717, 1.165) is 12.0 Å². The Labute approximate surface area is 168 Å². The number of hydrogen-bond donors (Lipinski definition) is 1. The minimum atomic E-state index is -1.05. The fraction of sp³-hybridized carbons (Fsp3) is 0.227. The van der Waals surface area contributed by atoms with Gasteiger partial charge < -0.3 is 14.5 Å². The molecule has 0 fully saturated rings. The van der Waals surface area contributed by atoms with Gasteiger partial charge in [-0.15, -0.1) is 0 Å². The van der Waals surface area contributed by atoms with Crippen LogP contribution < -0.4 is 5.32 Å². The molecule has 1 amide bonds. The lowest BCUT2D eigenvalue weighted by Crippen LogP contribution is -2.30. The molecule has 0 radical (unpaired) electrons. The van der Waals surface area contributed by atoms with Crippen LogP contribution in [0.5, 0.6) is 0 Å². The third-order valence-electron chi connectivity index (χ3n) is 4.50. The fourth-order valence-corrected chi connectivity index (χ4v) is 2.87. The number of nitrogens with zero attached hydrogens (tertiary/aromatic N) is 2. The molecule has 0 aliphatic heterocycles. The molecule has 148 valence electrons. The lowest BCUT2D eigenvalue weighted by Gasteiger charge is -2.13. The molecule has 0 spiro atoms. The van der Waals surface area contributed by atoms with Crippen molar-refractivity contribution >= 4 is 17.6 Å². The fourth-order valence-electron chi connectivity index (χ4n) is 2.87. The van der Waals surface area contributed by atoms with E-state index in [0.29, 0.717) is 5.69 Å². The van der Waals surface area contributed by atoms with E-state index in [-0.39, 0.29) is 22.8 Å². The number of benzene rings is 1. The lowest BCUT2D eigenvalue weighted by atomic mass is 10.1. The van der Waals surface area contributed by atoms with Crippen LogP contribution in [-0.4, -0.2) is 22.5 Å². The van der Waals surface area contributed by atoms with Gasteiger partial charge in [0.15, 0.2) is 6.10 Å². The van der Waals surface area contributed by atoms with E-state index >= 15 is 0 Å². The first-order valence-electron chi connectivity index (χ1n) is 9.22. The van der Waals surface area contributed by atoms with Crippen molar-refractivity contribution < 1.29 is 18.7 Å². The van der Waals surface area contributed by atoms with Crippen LogP contribution in [-0.2, 0) is 16.0 Å². The maximum atomic E-state index is 12.7. The minimum Gasteiger partial charge on any atom is -0.449 e. The van der Waals surface area contributed by atoms with Crippen molar-refractivity contribution in [1.29, 1.82) is 5.26 Å². The number of aryl methyl sites for hydroxylation is 2. The highest BCUT2D eigenvalue weighted by Gasteiger charge is 2.28. The van der Waals surface area contributed by atoms with E-state index in [2.05, 4.69) is 5.32 Å². The molecule has 0 aliphatic rings. The van der Waals surface area contributed by atoms with Crippen molar-refractivity contribution in [3.05, 3.63) is 71.2 Å². The van der Waals surface area contributed by atoms with Gasteiger partial charge in [-0.05, 0) is 50.1 Å². The zero-order valence-electron chi connectivity index (χ0n) is 16.4. The summed E-state index contributed by atoms with van der Waals surface area (Å²) in [6, 6.07) is 13.0. The van der Waals surface area contributed by atoms with Gasteiger partial charge in [0.05, 0.1) is 0 Å². The van der Waals surface area contributed by atoms with E-state index in [9.17, 15) is 14.9 Å². The molecule has 3 aromatic rings. The van der Waals surface area contributed by atoms with Crippen LogP contribution in [0.4, 0.5) is 5.69 Å². The number of carbonyl (C=O) groups excluding carboxylic acids is 2. The Morgan fingerprint density at radius 3 is 2.48 bits per heavy atom. The van der Waals surface area contributed by atoms with Crippen LogP contribution in [0, 0.1) is 18.3 Å². The van der Waals surface area contributed by atoms with Gasteiger partial charge in [0.2, 0.25) is 5.88 Å². The number of carbonyl (C=O) groups is 2. The molecule has 2 aromatic heterocycles. The van der Waals surface area contributed by atoms with Gasteiger partial charge in [0.25, 0.3) is 5.91 Å². The molecule has 2 heterocycles. The average molecular weight is 391 g/mol. The number of rotatable bonds is 6. The Balaban J connectivity index is 1.74.